The van der Waals surface area contributed by atoms with E-state index in [1.807, 2.05) is 36.4 Å². The number of benzene rings is 2. The third kappa shape index (κ3) is 4.79. The lowest BCUT2D eigenvalue weighted by molar-refractivity contribution is 0.661. The topological polar surface area (TPSA) is 41.1 Å². The Labute approximate surface area is 157 Å². The number of hydrogen-bond donors (Lipinski definition) is 1. The van der Waals surface area contributed by atoms with Gasteiger partial charge >= 0.3 is 0 Å². The van der Waals surface area contributed by atoms with Crippen LogP contribution in [0.5, 0.6) is 0 Å². The molecule has 0 radical (unpaired) electrons. The van der Waals surface area contributed by atoms with Crippen molar-refractivity contribution >= 4 is 33.4 Å². The minimum absolute atomic E-state index is 0.293. The number of halogens is 1. The van der Waals surface area contributed by atoms with Gasteiger partial charge in [0.15, 0.2) is 0 Å². The quantitative estimate of drug-likeness (QED) is 0.605. The summed E-state index contributed by atoms with van der Waals surface area (Å²) >= 11 is 3.49. The lowest BCUT2D eigenvalue weighted by Gasteiger charge is -2.27. The predicted molar refractivity (Wildman–Crippen MR) is 107 cm³/mol. The van der Waals surface area contributed by atoms with E-state index in [1.165, 1.54) is 5.56 Å². The predicted octanol–water partition coefficient (Wildman–Crippen LogP) is 5.40. The standard InChI is InChI=1S/C20H21BrN4/c1-15(2)25(14-16-7-4-3-5-8-16)20-22-12-11-19(24-20)23-18-10-6-9-17(21)13-18/h3-13,15H,14H2,1-2H3,(H,22,23,24). The Hall–Kier alpha value is -2.40. The van der Waals surface area contributed by atoms with Gasteiger partial charge in [0.05, 0.1) is 0 Å². The minimum atomic E-state index is 0.293. The van der Waals surface area contributed by atoms with E-state index >= 15 is 0 Å². The SMILES string of the molecule is CC(C)N(Cc1ccccc1)c1nccc(Nc2cccc(Br)c2)n1. The third-order valence-electron chi connectivity index (χ3n) is 3.82. The van der Waals surface area contributed by atoms with E-state index in [1.54, 1.807) is 6.20 Å². The van der Waals surface area contributed by atoms with Crippen molar-refractivity contribution in [2.75, 3.05) is 10.2 Å². The molecule has 0 aliphatic carbocycles. The fourth-order valence-corrected chi connectivity index (χ4v) is 2.93. The van der Waals surface area contributed by atoms with Crippen LogP contribution in [0, 0.1) is 0 Å². The van der Waals surface area contributed by atoms with Crippen molar-refractivity contribution in [3.05, 3.63) is 76.9 Å². The molecule has 4 nitrogen and oxygen atoms in total. The molecule has 1 aromatic heterocycles. The molecule has 1 heterocycles. The average molecular weight is 397 g/mol. The average Bonchev–Trinajstić information content (AvgIpc) is 2.60. The number of aromatic nitrogens is 2. The number of rotatable bonds is 6. The van der Waals surface area contributed by atoms with Crippen LogP contribution in [0.4, 0.5) is 17.5 Å². The summed E-state index contributed by atoms with van der Waals surface area (Å²) in [6, 6.07) is 20.6. The van der Waals surface area contributed by atoms with Crippen LogP contribution in [0.15, 0.2) is 71.3 Å². The smallest absolute Gasteiger partial charge is 0.227 e. The Balaban J connectivity index is 1.82. The highest BCUT2D eigenvalue weighted by Crippen LogP contribution is 2.22. The molecule has 0 fully saturated rings. The molecule has 0 aliphatic rings. The maximum absolute atomic E-state index is 4.70. The fraction of sp³-hybridized carbons (Fsp3) is 0.200. The molecule has 25 heavy (non-hydrogen) atoms. The maximum atomic E-state index is 4.70. The highest BCUT2D eigenvalue weighted by molar-refractivity contribution is 9.10. The Morgan fingerprint density at radius 1 is 1.04 bits per heavy atom. The van der Waals surface area contributed by atoms with Crippen LogP contribution in [0.3, 0.4) is 0 Å². The molecule has 3 aromatic rings. The van der Waals surface area contributed by atoms with Crippen LogP contribution < -0.4 is 10.2 Å². The van der Waals surface area contributed by atoms with Crippen LogP contribution in [-0.4, -0.2) is 16.0 Å². The zero-order valence-corrected chi connectivity index (χ0v) is 15.9. The number of hydrogen-bond acceptors (Lipinski definition) is 4. The van der Waals surface area contributed by atoms with Crippen LogP contribution in [0.1, 0.15) is 19.4 Å². The van der Waals surface area contributed by atoms with Gasteiger partial charge in [-0.25, -0.2) is 4.98 Å². The summed E-state index contributed by atoms with van der Waals surface area (Å²) in [4.78, 5) is 11.4. The second-order valence-corrected chi connectivity index (χ2v) is 7.00. The summed E-state index contributed by atoms with van der Waals surface area (Å²) < 4.78 is 1.03. The summed E-state index contributed by atoms with van der Waals surface area (Å²) in [5.74, 6) is 1.50. The summed E-state index contributed by atoms with van der Waals surface area (Å²) in [5, 5.41) is 3.34. The number of nitrogens with one attached hydrogen (secondary N) is 1. The molecular weight excluding hydrogens is 376 g/mol. The van der Waals surface area contributed by atoms with E-state index in [4.69, 9.17) is 4.98 Å². The maximum Gasteiger partial charge on any atom is 0.227 e. The molecular formula is C20H21BrN4. The highest BCUT2D eigenvalue weighted by atomic mass is 79.9. The zero-order chi connectivity index (χ0) is 17.6. The number of anilines is 3. The Kier molecular flexibility index (Phi) is 5.66. The van der Waals surface area contributed by atoms with Crippen LogP contribution >= 0.6 is 15.9 Å². The van der Waals surface area contributed by atoms with Crippen molar-refractivity contribution in [1.29, 1.82) is 0 Å². The molecule has 0 bridgehead atoms. The molecule has 0 atom stereocenters. The summed E-state index contributed by atoms with van der Waals surface area (Å²) in [7, 11) is 0. The lowest BCUT2D eigenvalue weighted by atomic mass is 10.2. The summed E-state index contributed by atoms with van der Waals surface area (Å²) in [6.07, 6.45) is 1.79. The van der Waals surface area contributed by atoms with Crippen molar-refractivity contribution in [2.24, 2.45) is 0 Å². The molecule has 3 rings (SSSR count). The first kappa shape index (κ1) is 17.4. The zero-order valence-electron chi connectivity index (χ0n) is 14.4. The van der Waals surface area contributed by atoms with Gasteiger partial charge in [0, 0.05) is 28.9 Å². The second-order valence-electron chi connectivity index (χ2n) is 6.08. The first-order chi connectivity index (χ1) is 12.1. The summed E-state index contributed by atoms with van der Waals surface area (Å²) in [5.41, 5.74) is 2.23. The van der Waals surface area contributed by atoms with E-state index in [2.05, 4.69) is 69.2 Å². The monoisotopic (exact) mass is 396 g/mol. The molecule has 0 unspecified atom stereocenters. The van der Waals surface area contributed by atoms with Crippen molar-refractivity contribution in [3.63, 3.8) is 0 Å². The molecule has 0 saturated carbocycles. The molecule has 1 N–H and O–H groups in total. The first-order valence-corrected chi connectivity index (χ1v) is 9.07. The van der Waals surface area contributed by atoms with Crippen molar-refractivity contribution in [3.8, 4) is 0 Å². The Bertz CT molecular complexity index is 821. The van der Waals surface area contributed by atoms with E-state index < -0.39 is 0 Å². The van der Waals surface area contributed by atoms with Crippen molar-refractivity contribution < 1.29 is 0 Å². The van der Waals surface area contributed by atoms with Gasteiger partial charge in [-0.1, -0.05) is 52.3 Å². The molecule has 128 valence electrons. The van der Waals surface area contributed by atoms with Gasteiger partial charge in [-0.2, -0.15) is 4.98 Å². The Morgan fingerprint density at radius 3 is 2.56 bits per heavy atom. The highest BCUT2D eigenvalue weighted by Gasteiger charge is 2.14. The van der Waals surface area contributed by atoms with Gasteiger partial charge in [0.25, 0.3) is 0 Å². The van der Waals surface area contributed by atoms with Gasteiger partial charge in [-0.15, -0.1) is 0 Å². The molecule has 0 saturated heterocycles. The lowest BCUT2D eigenvalue weighted by Crippen LogP contribution is -2.31. The van der Waals surface area contributed by atoms with Crippen LogP contribution in [0.2, 0.25) is 0 Å². The second kappa shape index (κ2) is 8.12. The first-order valence-electron chi connectivity index (χ1n) is 8.28. The van der Waals surface area contributed by atoms with Crippen molar-refractivity contribution in [1.82, 2.24) is 9.97 Å². The summed E-state index contributed by atoms with van der Waals surface area (Å²) in [6.45, 7) is 5.08. The molecule has 2 aromatic carbocycles. The van der Waals surface area contributed by atoms with E-state index in [0.717, 1.165) is 28.5 Å². The largest absolute Gasteiger partial charge is 0.340 e. The van der Waals surface area contributed by atoms with Crippen LogP contribution in [-0.2, 0) is 6.54 Å². The molecule has 0 spiro atoms. The van der Waals surface area contributed by atoms with Gasteiger partial charge in [-0.3, -0.25) is 0 Å². The van der Waals surface area contributed by atoms with Crippen LogP contribution in [0.25, 0.3) is 0 Å². The van der Waals surface area contributed by atoms with Gasteiger partial charge < -0.3 is 10.2 Å². The third-order valence-corrected chi connectivity index (χ3v) is 4.31. The van der Waals surface area contributed by atoms with Gasteiger partial charge in [0.1, 0.15) is 5.82 Å². The number of nitrogens with zero attached hydrogens (tertiary/aromatic N) is 3. The van der Waals surface area contributed by atoms with Gasteiger partial charge in [-0.05, 0) is 43.7 Å². The normalized spacial score (nSPS) is 10.7. The molecule has 0 aliphatic heterocycles. The molecule has 0 amide bonds. The van der Waals surface area contributed by atoms with E-state index in [9.17, 15) is 0 Å². The van der Waals surface area contributed by atoms with Crippen molar-refractivity contribution in [2.45, 2.75) is 26.4 Å². The molecule has 5 heteroatoms. The van der Waals surface area contributed by atoms with Gasteiger partial charge in [0.2, 0.25) is 5.95 Å². The minimum Gasteiger partial charge on any atom is -0.340 e. The fourth-order valence-electron chi connectivity index (χ4n) is 2.53. The Morgan fingerprint density at radius 2 is 1.84 bits per heavy atom. The van der Waals surface area contributed by atoms with E-state index in [-0.39, 0.29) is 0 Å². The van der Waals surface area contributed by atoms with E-state index in [0.29, 0.717) is 6.04 Å².